The van der Waals surface area contributed by atoms with E-state index in [1.807, 2.05) is 0 Å². The molecule has 0 amide bonds. The van der Waals surface area contributed by atoms with Gasteiger partial charge in [-0.2, -0.15) is 0 Å². The number of hydrogen-bond donors (Lipinski definition) is 0. The maximum Gasteiger partial charge on any atom is 0.0711 e. The minimum Gasteiger partial charge on any atom is -0.252 e. The summed E-state index contributed by atoms with van der Waals surface area (Å²) in [7, 11) is 0. The third-order valence-corrected chi connectivity index (χ3v) is 4.13. The van der Waals surface area contributed by atoms with E-state index in [0.717, 1.165) is 11.2 Å². The molecule has 0 atom stereocenters. The molecule has 1 heterocycles. The molecular formula is C19H15N. The van der Waals surface area contributed by atoms with Crippen LogP contribution in [0.2, 0.25) is 0 Å². The van der Waals surface area contributed by atoms with E-state index >= 15 is 0 Å². The summed E-state index contributed by atoms with van der Waals surface area (Å²) >= 11 is 0. The number of aryl methyl sites for hydroxylation is 2. The molecule has 1 aromatic heterocycles. The van der Waals surface area contributed by atoms with Crippen LogP contribution in [-0.2, 0) is 0 Å². The number of fused-ring (bicyclic) bond motifs is 5. The second-order valence-corrected chi connectivity index (χ2v) is 5.37. The van der Waals surface area contributed by atoms with Crippen molar-refractivity contribution in [1.29, 1.82) is 0 Å². The molecule has 0 unspecified atom stereocenters. The van der Waals surface area contributed by atoms with E-state index in [2.05, 4.69) is 68.4 Å². The van der Waals surface area contributed by atoms with Crippen LogP contribution in [0.5, 0.6) is 0 Å². The number of benzene rings is 3. The first-order chi connectivity index (χ1) is 9.75. The minimum atomic E-state index is 1.08. The van der Waals surface area contributed by atoms with E-state index < -0.39 is 0 Å². The maximum absolute atomic E-state index is 4.73. The van der Waals surface area contributed by atoms with Gasteiger partial charge in [0, 0.05) is 21.9 Å². The van der Waals surface area contributed by atoms with E-state index in [0.29, 0.717) is 0 Å². The highest BCUT2D eigenvalue weighted by atomic mass is 14.7. The number of rotatable bonds is 0. The molecule has 96 valence electrons. The summed E-state index contributed by atoms with van der Waals surface area (Å²) in [6, 6.07) is 19.4. The van der Waals surface area contributed by atoms with Crippen molar-refractivity contribution in [1.82, 2.24) is 4.98 Å². The van der Waals surface area contributed by atoms with Crippen molar-refractivity contribution in [3.63, 3.8) is 0 Å². The molecule has 0 saturated carbocycles. The number of nitrogens with zero attached hydrogens (tertiary/aromatic N) is 1. The van der Waals surface area contributed by atoms with Gasteiger partial charge < -0.3 is 0 Å². The van der Waals surface area contributed by atoms with E-state index in [1.54, 1.807) is 0 Å². The fourth-order valence-corrected chi connectivity index (χ4v) is 3.13. The Kier molecular flexibility index (Phi) is 2.31. The normalized spacial score (nSPS) is 11.5. The summed E-state index contributed by atoms with van der Waals surface area (Å²) in [4.78, 5) is 4.73. The Balaban J connectivity index is 2.40. The van der Waals surface area contributed by atoms with Crippen LogP contribution in [0.4, 0.5) is 0 Å². The van der Waals surface area contributed by atoms with Gasteiger partial charge in [-0.15, -0.1) is 0 Å². The monoisotopic (exact) mass is 257 g/mol. The van der Waals surface area contributed by atoms with Gasteiger partial charge in [0.05, 0.1) is 5.52 Å². The zero-order valence-corrected chi connectivity index (χ0v) is 11.6. The van der Waals surface area contributed by atoms with Crippen LogP contribution >= 0.6 is 0 Å². The van der Waals surface area contributed by atoms with Gasteiger partial charge in [-0.3, -0.25) is 4.98 Å². The molecule has 0 fully saturated rings. The van der Waals surface area contributed by atoms with Gasteiger partial charge >= 0.3 is 0 Å². The predicted octanol–water partition coefficient (Wildman–Crippen LogP) is 5.16. The molecule has 4 rings (SSSR count). The SMILES string of the molecule is Cc1cccc2c1ccc1c(C)nc3ccccc3c12. The maximum atomic E-state index is 4.73. The Labute approximate surface area is 117 Å². The van der Waals surface area contributed by atoms with E-state index in [1.165, 1.54) is 32.5 Å². The Morgan fingerprint density at radius 2 is 1.40 bits per heavy atom. The van der Waals surface area contributed by atoms with Crippen LogP contribution in [-0.4, -0.2) is 4.98 Å². The number of aromatic nitrogens is 1. The van der Waals surface area contributed by atoms with Crippen molar-refractivity contribution >= 4 is 32.4 Å². The van der Waals surface area contributed by atoms with Crippen molar-refractivity contribution in [2.45, 2.75) is 13.8 Å². The molecule has 0 spiro atoms. The fourth-order valence-electron chi connectivity index (χ4n) is 3.13. The average molecular weight is 257 g/mol. The summed E-state index contributed by atoms with van der Waals surface area (Å²) < 4.78 is 0. The molecule has 1 nitrogen and oxygen atoms in total. The summed E-state index contributed by atoms with van der Waals surface area (Å²) in [6.45, 7) is 4.26. The zero-order chi connectivity index (χ0) is 13.7. The molecule has 20 heavy (non-hydrogen) atoms. The van der Waals surface area contributed by atoms with Crippen molar-refractivity contribution in [2.75, 3.05) is 0 Å². The third-order valence-electron chi connectivity index (χ3n) is 4.13. The lowest BCUT2D eigenvalue weighted by molar-refractivity contribution is 1.29. The van der Waals surface area contributed by atoms with Gasteiger partial charge in [-0.05, 0) is 36.2 Å². The van der Waals surface area contributed by atoms with Crippen LogP contribution in [0.25, 0.3) is 32.4 Å². The predicted molar refractivity (Wildman–Crippen MR) is 86.2 cm³/mol. The lowest BCUT2D eigenvalue weighted by Crippen LogP contribution is -1.89. The van der Waals surface area contributed by atoms with E-state index in [9.17, 15) is 0 Å². The second kappa shape index (κ2) is 4.04. The molecule has 0 aliphatic rings. The highest BCUT2D eigenvalue weighted by molar-refractivity contribution is 6.20. The lowest BCUT2D eigenvalue weighted by Gasteiger charge is -2.11. The van der Waals surface area contributed by atoms with Crippen LogP contribution in [0.1, 0.15) is 11.3 Å². The van der Waals surface area contributed by atoms with E-state index in [4.69, 9.17) is 4.98 Å². The standard InChI is InChI=1S/C19H15N/c1-12-6-5-8-16-14(12)10-11-15-13(2)20-18-9-4-3-7-17(18)19(15)16/h3-11H,1-2H3. The van der Waals surface area contributed by atoms with Gasteiger partial charge in [0.25, 0.3) is 0 Å². The highest BCUT2D eigenvalue weighted by Gasteiger charge is 2.09. The minimum absolute atomic E-state index is 1.08. The fraction of sp³-hybridized carbons (Fsp3) is 0.105. The smallest absolute Gasteiger partial charge is 0.0711 e. The van der Waals surface area contributed by atoms with E-state index in [-0.39, 0.29) is 0 Å². The molecule has 0 aliphatic carbocycles. The molecule has 0 aliphatic heterocycles. The quantitative estimate of drug-likeness (QED) is 0.397. The average Bonchev–Trinajstić information content (AvgIpc) is 2.47. The Hall–Kier alpha value is -2.41. The molecule has 4 aromatic rings. The van der Waals surface area contributed by atoms with Crippen LogP contribution in [0.15, 0.2) is 54.6 Å². The van der Waals surface area contributed by atoms with Gasteiger partial charge in [0.1, 0.15) is 0 Å². The molecule has 0 N–H and O–H groups in total. The largest absolute Gasteiger partial charge is 0.252 e. The molecular weight excluding hydrogens is 242 g/mol. The van der Waals surface area contributed by atoms with Gasteiger partial charge in [-0.25, -0.2) is 0 Å². The van der Waals surface area contributed by atoms with Gasteiger partial charge in [-0.1, -0.05) is 48.5 Å². The first kappa shape index (κ1) is 11.4. The summed E-state index contributed by atoms with van der Waals surface area (Å²) in [6.07, 6.45) is 0. The molecule has 1 heteroatoms. The molecule has 0 bridgehead atoms. The number of pyridine rings is 1. The summed E-state index contributed by atoms with van der Waals surface area (Å²) in [5, 5.41) is 6.47. The lowest BCUT2D eigenvalue weighted by atomic mass is 9.96. The first-order valence-corrected chi connectivity index (χ1v) is 6.93. The van der Waals surface area contributed by atoms with Crippen molar-refractivity contribution in [2.24, 2.45) is 0 Å². The Morgan fingerprint density at radius 1 is 0.650 bits per heavy atom. The highest BCUT2D eigenvalue weighted by Crippen LogP contribution is 2.33. The van der Waals surface area contributed by atoms with Crippen molar-refractivity contribution in [3.8, 4) is 0 Å². The molecule has 3 aromatic carbocycles. The third kappa shape index (κ3) is 1.47. The Bertz CT molecular complexity index is 967. The van der Waals surface area contributed by atoms with Crippen LogP contribution in [0.3, 0.4) is 0 Å². The van der Waals surface area contributed by atoms with Gasteiger partial charge in [0.2, 0.25) is 0 Å². The van der Waals surface area contributed by atoms with Gasteiger partial charge in [0.15, 0.2) is 0 Å². The number of para-hydroxylation sites is 1. The molecule has 0 radical (unpaired) electrons. The van der Waals surface area contributed by atoms with Crippen molar-refractivity contribution in [3.05, 3.63) is 65.9 Å². The van der Waals surface area contributed by atoms with Crippen molar-refractivity contribution < 1.29 is 0 Å². The zero-order valence-electron chi connectivity index (χ0n) is 11.6. The van der Waals surface area contributed by atoms with Crippen LogP contribution < -0.4 is 0 Å². The molecule has 0 saturated heterocycles. The number of hydrogen-bond acceptors (Lipinski definition) is 1. The second-order valence-electron chi connectivity index (χ2n) is 5.37. The summed E-state index contributed by atoms with van der Waals surface area (Å²) in [5.74, 6) is 0. The first-order valence-electron chi connectivity index (χ1n) is 6.93. The Morgan fingerprint density at radius 3 is 2.30 bits per heavy atom. The van der Waals surface area contributed by atoms with Crippen LogP contribution in [0, 0.1) is 13.8 Å². The topological polar surface area (TPSA) is 12.9 Å². The summed E-state index contributed by atoms with van der Waals surface area (Å²) in [5.41, 5.74) is 3.50.